The number of carboxylic acid groups (broad SMARTS) is 1. The first kappa shape index (κ1) is 17.5. The predicted molar refractivity (Wildman–Crippen MR) is 103 cm³/mol. The fourth-order valence-corrected chi connectivity index (χ4v) is 3.31. The molecular formula is C19H17ClN4O3. The third-order valence-electron chi connectivity index (χ3n) is 4.56. The molecule has 0 spiro atoms. The van der Waals surface area contributed by atoms with Gasteiger partial charge in [0.1, 0.15) is 0 Å². The normalized spacial score (nSPS) is 13.7. The molecule has 0 unspecified atom stereocenters. The minimum Gasteiger partial charge on any atom is -0.465 e. The first-order chi connectivity index (χ1) is 13.0. The number of amides is 1. The molecule has 1 saturated carbocycles. The molecule has 1 aromatic carbocycles. The minimum atomic E-state index is -1.15. The largest absolute Gasteiger partial charge is 0.465 e. The van der Waals surface area contributed by atoms with Crippen LogP contribution in [0, 0.1) is 12.8 Å². The van der Waals surface area contributed by atoms with E-state index in [0.717, 1.165) is 23.3 Å². The second-order valence-corrected chi connectivity index (χ2v) is 7.15. The average molecular weight is 385 g/mol. The van der Waals surface area contributed by atoms with Gasteiger partial charge in [0.2, 0.25) is 5.95 Å². The van der Waals surface area contributed by atoms with Gasteiger partial charge in [0.25, 0.3) is 5.56 Å². The predicted octanol–water partition coefficient (Wildman–Crippen LogP) is 3.64. The van der Waals surface area contributed by atoms with Crippen molar-refractivity contribution in [1.29, 1.82) is 0 Å². The van der Waals surface area contributed by atoms with E-state index in [1.165, 1.54) is 10.8 Å². The molecule has 8 heteroatoms. The summed E-state index contributed by atoms with van der Waals surface area (Å²) in [7, 11) is 0. The standard InChI is InChI=1S/C19H17ClN4O3/c1-11-7-13(9-21-8-11)24-17(25)16-14(20)3-2-4-15(16)22-18(24)23(19(26)27)10-12-5-6-12/h2-4,7-9,12H,5-6,10H2,1H3,(H,26,27). The lowest BCUT2D eigenvalue weighted by Crippen LogP contribution is -2.37. The van der Waals surface area contributed by atoms with Crippen LogP contribution in [0.5, 0.6) is 0 Å². The fourth-order valence-electron chi connectivity index (χ4n) is 3.06. The molecule has 2 heterocycles. The van der Waals surface area contributed by atoms with Crippen molar-refractivity contribution in [2.75, 3.05) is 11.4 Å². The Bertz CT molecular complexity index is 1110. The van der Waals surface area contributed by atoms with Crippen LogP contribution in [0.2, 0.25) is 5.02 Å². The lowest BCUT2D eigenvalue weighted by molar-refractivity contribution is 0.201. The van der Waals surface area contributed by atoms with Crippen molar-refractivity contribution in [3.63, 3.8) is 0 Å². The van der Waals surface area contributed by atoms with Gasteiger partial charge in [0.05, 0.1) is 27.8 Å². The molecule has 138 valence electrons. The third kappa shape index (κ3) is 3.26. The van der Waals surface area contributed by atoms with Crippen LogP contribution in [0.25, 0.3) is 16.6 Å². The van der Waals surface area contributed by atoms with E-state index < -0.39 is 11.7 Å². The van der Waals surface area contributed by atoms with Crippen molar-refractivity contribution in [1.82, 2.24) is 14.5 Å². The minimum absolute atomic E-state index is 0.0570. The number of halogens is 1. The van der Waals surface area contributed by atoms with E-state index in [9.17, 15) is 14.7 Å². The molecule has 27 heavy (non-hydrogen) atoms. The molecule has 2 aromatic heterocycles. The van der Waals surface area contributed by atoms with Crippen molar-refractivity contribution >= 4 is 34.5 Å². The second-order valence-electron chi connectivity index (χ2n) is 6.74. The topological polar surface area (TPSA) is 88.3 Å². The van der Waals surface area contributed by atoms with E-state index in [-0.39, 0.29) is 22.3 Å². The molecular weight excluding hydrogens is 368 g/mol. The summed E-state index contributed by atoms with van der Waals surface area (Å²) < 4.78 is 1.28. The molecule has 0 bridgehead atoms. The Morgan fingerprint density at radius 2 is 2.15 bits per heavy atom. The van der Waals surface area contributed by atoms with Gasteiger partial charge in [-0.05, 0) is 49.4 Å². The second kappa shape index (κ2) is 6.66. The molecule has 0 radical (unpaired) electrons. The highest BCUT2D eigenvalue weighted by Crippen LogP contribution is 2.32. The van der Waals surface area contributed by atoms with Crippen LogP contribution in [0.4, 0.5) is 10.7 Å². The number of aromatic nitrogens is 3. The first-order valence-electron chi connectivity index (χ1n) is 8.59. The van der Waals surface area contributed by atoms with Gasteiger partial charge in [-0.1, -0.05) is 17.7 Å². The number of fused-ring (bicyclic) bond motifs is 1. The van der Waals surface area contributed by atoms with Crippen LogP contribution in [-0.2, 0) is 0 Å². The molecule has 0 saturated heterocycles. The van der Waals surface area contributed by atoms with E-state index in [1.807, 2.05) is 6.92 Å². The zero-order valence-corrected chi connectivity index (χ0v) is 15.3. The van der Waals surface area contributed by atoms with Gasteiger partial charge >= 0.3 is 6.09 Å². The van der Waals surface area contributed by atoms with Gasteiger partial charge in [-0.25, -0.2) is 19.2 Å². The Hall–Kier alpha value is -2.93. The van der Waals surface area contributed by atoms with E-state index in [4.69, 9.17) is 11.6 Å². The zero-order chi connectivity index (χ0) is 19.1. The molecule has 4 rings (SSSR count). The summed E-state index contributed by atoms with van der Waals surface area (Å²) in [6, 6.07) is 6.72. The van der Waals surface area contributed by atoms with Crippen molar-refractivity contribution in [3.8, 4) is 5.69 Å². The summed E-state index contributed by atoms with van der Waals surface area (Å²) in [4.78, 5) is 35.0. The number of hydrogen-bond donors (Lipinski definition) is 1. The highest BCUT2D eigenvalue weighted by atomic mass is 35.5. The van der Waals surface area contributed by atoms with Gasteiger partial charge in [-0.2, -0.15) is 0 Å². The molecule has 1 N–H and O–H groups in total. The maximum absolute atomic E-state index is 13.3. The van der Waals surface area contributed by atoms with Crippen molar-refractivity contribution in [2.45, 2.75) is 19.8 Å². The summed E-state index contributed by atoms with van der Waals surface area (Å²) in [6.07, 6.45) is 3.97. The highest BCUT2D eigenvalue weighted by Gasteiger charge is 2.31. The third-order valence-corrected chi connectivity index (χ3v) is 4.87. The lowest BCUT2D eigenvalue weighted by atomic mass is 10.2. The van der Waals surface area contributed by atoms with E-state index in [0.29, 0.717) is 17.7 Å². The van der Waals surface area contributed by atoms with Crippen LogP contribution in [0.1, 0.15) is 18.4 Å². The quantitative estimate of drug-likeness (QED) is 0.741. The summed E-state index contributed by atoms with van der Waals surface area (Å²) >= 11 is 6.24. The number of carbonyl (C=O) groups is 1. The van der Waals surface area contributed by atoms with Crippen molar-refractivity contribution in [2.24, 2.45) is 5.92 Å². The van der Waals surface area contributed by atoms with Gasteiger partial charge in [-0.3, -0.25) is 9.78 Å². The Morgan fingerprint density at radius 1 is 1.37 bits per heavy atom. The van der Waals surface area contributed by atoms with E-state index in [2.05, 4.69) is 9.97 Å². The number of anilines is 1. The molecule has 1 fully saturated rings. The molecule has 7 nitrogen and oxygen atoms in total. The van der Waals surface area contributed by atoms with Crippen LogP contribution in [0.3, 0.4) is 0 Å². The summed E-state index contributed by atoms with van der Waals surface area (Å²) in [5.41, 5.74) is 1.23. The van der Waals surface area contributed by atoms with Crippen molar-refractivity contribution < 1.29 is 9.90 Å². The zero-order valence-electron chi connectivity index (χ0n) is 14.6. The monoisotopic (exact) mass is 384 g/mol. The van der Waals surface area contributed by atoms with Crippen LogP contribution in [-0.4, -0.2) is 32.3 Å². The summed E-state index contributed by atoms with van der Waals surface area (Å²) in [5, 5.41) is 10.3. The molecule has 0 atom stereocenters. The highest BCUT2D eigenvalue weighted by molar-refractivity contribution is 6.35. The van der Waals surface area contributed by atoms with Crippen molar-refractivity contribution in [3.05, 3.63) is 57.6 Å². The number of pyridine rings is 1. The Kier molecular flexibility index (Phi) is 4.31. The molecule has 1 aliphatic rings. The number of benzene rings is 1. The SMILES string of the molecule is Cc1cncc(-n2c(N(CC3CC3)C(=O)O)nc3cccc(Cl)c3c2=O)c1. The number of aryl methyl sites for hydroxylation is 1. The lowest BCUT2D eigenvalue weighted by Gasteiger charge is -2.22. The summed E-state index contributed by atoms with van der Waals surface area (Å²) in [6.45, 7) is 2.15. The fraction of sp³-hybridized carbons (Fsp3) is 0.263. The molecule has 0 aliphatic heterocycles. The van der Waals surface area contributed by atoms with E-state index >= 15 is 0 Å². The Balaban J connectivity index is 2.05. The van der Waals surface area contributed by atoms with Crippen LogP contribution in [0.15, 0.2) is 41.5 Å². The maximum Gasteiger partial charge on any atom is 0.414 e. The van der Waals surface area contributed by atoms with Gasteiger partial charge in [0.15, 0.2) is 0 Å². The van der Waals surface area contributed by atoms with Crippen LogP contribution >= 0.6 is 11.6 Å². The van der Waals surface area contributed by atoms with Gasteiger partial charge in [0, 0.05) is 12.7 Å². The molecule has 1 aliphatic carbocycles. The number of hydrogen-bond acceptors (Lipinski definition) is 4. The maximum atomic E-state index is 13.3. The number of nitrogens with zero attached hydrogens (tertiary/aromatic N) is 4. The van der Waals surface area contributed by atoms with E-state index in [1.54, 1.807) is 30.5 Å². The molecule has 3 aromatic rings. The Labute approximate surface area is 159 Å². The van der Waals surface area contributed by atoms with Gasteiger partial charge in [-0.15, -0.1) is 0 Å². The number of rotatable bonds is 4. The van der Waals surface area contributed by atoms with Crippen LogP contribution < -0.4 is 10.5 Å². The Morgan fingerprint density at radius 3 is 2.81 bits per heavy atom. The molecule has 1 amide bonds. The summed E-state index contributed by atoms with van der Waals surface area (Å²) in [5.74, 6) is 0.346. The smallest absolute Gasteiger partial charge is 0.414 e. The average Bonchev–Trinajstić information content (AvgIpc) is 3.43. The first-order valence-corrected chi connectivity index (χ1v) is 8.97. The van der Waals surface area contributed by atoms with Gasteiger partial charge < -0.3 is 5.11 Å².